The number of aromatic nitrogens is 4. The van der Waals surface area contributed by atoms with E-state index in [1.54, 1.807) is 0 Å². The van der Waals surface area contributed by atoms with Crippen LogP contribution in [0.5, 0.6) is 0 Å². The van der Waals surface area contributed by atoms with Crippen molar-refractivity contribution in [3.63, 3.8) is 0 Å². The Hall–Kier alpha value is -2.82. The number of alkyl halides is 12. The summed E-state index contributed by atoms with van der Waals surface area (Å²) in [5.74, 6) is 1.20. The highest BCUT2D eigenvalue weighted by atomic mass is 32.3. The summed E-state index contributed by atoms with van der Waals surface area (Å²) in [6, 6.07) is 0. The zero-order valence-corrected chi connectivity index (χ0v) is 31.1. The number of halogens is 12. The number of aromatic amines is 1. The minimum absolute atomic E-state index is 0.607. The van der Waals surface area contributed by atoms with Crippen molar-refractivity contribution in [1.29, 1.82) is 0 Å². The van der Waals surface area contributed by atoms with Crippen LogP contribution in [0.15, 0.2) is 31.1 Å². The quantitative estimate of drug-likeness (QED) is 0.130. The molecule has 0 saturated carbocycles. The molecule has 55 heavy (non-hydrogen) atoms. The van der Waals surface area contributed by atoms with Gasteiger partial charge in [0.15, 0.2) is 40.1 Å². The standard InChI is InChI=1S/C18H31N4O3.2C2F6NO4S2/c1-3-20-8-9-21(17-20)10-12-24-14-16-25-15-13-23-11-5-18-19-6-7-22(18)4-2;2*3-1(4,5)14(10,11)9-15(12,13)2(6,7)8/h6-9,17H,3-5,10-16H2,1-2H3;;/q+1;2*-1/p+1. The first-order valence-corrected chi connectivity index (χ1v) is 20.1. The maximum absolute atomic E-state index is 11.4. The van der Waals surface area contributed by atoms with Crippen LogP contribution in [0.2, 0.25) is 0 Å². The van der Waals surface area contributed by atoms with Crippen LogP contribution in [0.25, 0.3) is 8.25 Å². The lowest BCUT2D eigenvalue weighted by Crippen LogP contribution is -2.35. The monoisotopic (exact) mass is 912 g/mol. The van der Waals surface area contributed by atoms with Crippen LogP contribution in [-0.2, 0) is 80.4 Å². The van der Waals surface area contributed by atoms with E-state index in [0.717, 1.165) is 34.3 Å². The van der Waals surface area contributed by atoms with Gasteiger partial charge in [0.05, 0.1) is 59.2 Å². The number of imidazole rings is 2. The van der Waals surface area contributed by atoms with Gasteiger partial charge < -0.3 is 22.5 Å². The van der Waals surface area contributed by atoms with Gasteiger partial charge in [-0.3, -0.25) is 0 Å². The summed E-state index contributed by atoms with van der Waals surface area (Å²) in [5.41, 5.74) is -24.8. The lowest BCUT2D eigenvalue weighted by molar-refractivity contribution is -0.699. The molecule has 0 unspecified atom stereocenters. The number of nitrogens with one attached hydrogen (secondary N) is 1. The van der Waals surface area contributed by atoms with E-state index in [-0.39, 0.29) is 0 Å². The van der Waals surface area contributed by atoms with Gasteiger partial charge in [-0.25, -0.2) is 52.4 Å². The zero-order chi connectivity index (χ0) is 43.2. The van der Waals surface area contributed by atoms with Crippen molar-refractivity contribution in [3.05, 3.63) is 45.2 Å². The third kappa shape index (κ3) is 18.3. The first kappa shape index (κ1) is 52.2. The van der Waals surface area contributed by atoms with Gasteiger partial charge in [-0.2, -0.15) is 52.7 Å². The van der Waals surface area contributed by atoms with Crippen LogP contribution in [0, 0.1) is 0 Å². The number of rotatable bonds is 18. The van der Waals surface area contributed by atoms with Crippen molar-refractivity contribution in [2.24, 2.45) is 0 Å². The minimum atomic E-state index is -6.72. The molecule has 324 valence electrons. The molecule has 17 nitrogen and oxygen atoms in total. The molecule has 0 saturated heterocycles. The molecular weight excluding hydrogens is 881 g/mol. The molecule has 0 amide bonds. The van der Waals surface area contributed by atoms with Crippen molar-refractivity contribution < 1.29 is 110 Å². The van der Waals surface area contributed by atoms with Crippen LogP contribution in [0.3, 0.4) is 0 Å². The highest BCUT2D eigenvalue weighted by Gasteiger charge is 2.48. The van der Waals surface area contributed by atoms with Gasteiger partial charge in [0.25, 0.3) is 5.82 Å². The van der Waals surface area contributed by atoms with Crippen LogP contribution in [-0.4, -0.2) is 105 Å². The van der Waals surface area contributed by atoms with Crippen molar-refractivity contribution in [2.75, 3.05) is 39.6 Å². The Morgan fingerprint density at radius 1 is 0.618 bits per heavy atom. The highest BCUT2D eigenvalue weighted by Crippen LogP contribution is 2.37. The Morgan fingerprint density at radius 3 is 1.35 bits per heavy atom. The lowest BCUT2D eigenvalue weighted by Gasteiger charge is -2.22. The lowest BCUT2D eigenvalue weighted by atomic mass is 10.4. The molecule has 0 radical (unpaired) electrons. The van der Waals surface area contributed by atoms with Crippen molar-refractivity contribution in [2.45, 2.75) is 61.9 Å². The number of hydrogen-bond acceptors (Lipinski definition) is 11. The number of H-pyrrole nitrogens is 1. The maximum atomic E-state index is 11.4. The third-order valence-corrected chi connectivity index (χ3v) is 11.1. The molecule has 0 aliphatic rings. The molecule has 1 N–H and O–H groups in total. The second-order valence-electron chi connectivity index (χ2n) is 9.59. The molecule has 2 aromatic heterocycles. The van der Waals surface area contributed by atoms with Gasteiger partial charge in [0.1, 0.15) is 31.3 Å². The largest absolute Gasteiger partial charge is 0.480 e. The second-order valence-corrected chi connectivity index (χ2v) is 16.4. The number of aryl methyl sites for hydroxylation is 2. The molecule has 0 bridgehead atoms. The number of nitrogens with zero attached hydrogens (tertiary/aromatic N) is 5. The molecule has 2 rings (SSSR count). The van der Waals surface area contributed by atoms with Crippen LogP contribution >= 0.6 is 0 Å². The van der Waals surface area contributed by atoms with Crippen LogP contribution < -0.4 is 9.13 Å². The number of hydrogen-bond donors (Lipinski definition) is 1. The van der Waals surface area contributed by atoms with E-state index in [1.165, 1.54) is 5.82 Å². The van der Waals surface area contributed by atoms with E-state index >= 15 is 0 Å². The molecular formula is C22H32F12N6O11S4. The fourth-order valence-electron chi connectivity index (χ4n) is 2.97. The molecule has 33 heteroatoms. The van der Waals surface area contributed by atoms with E-state index in [9.17, 15) is 86.4 Å². The Morgan fingerprint density at radius 2 is 1.00 bits per heavy atom. The van der Waals surface area contributed by atoms with Crippen LogP contribution in [0.4, 0.5) is 52.7 Å². The third-order valence-electron chi connectivity index (χ3n) is 5.59. The Balaban J connectivity index is 0.000000846. The van der Waals surface area contributed by atoms with Gasteiger partial charge in [-0.05, 0) is 13.8 Å². The van der Waals surface area contributed by atoms with E-state index in [4.69, 9.17) is 14.2 Å². The Bertz CT molecular complexity index is 1720. The molecule has 0 atom stereocenters. The van der Waals surface area contributed by atoms with E-state index in [2.05, 4.69) is 57.5 Å². The van der Waals surface area contributed by atoms with E-state index < -0.39 is 62.1 Å². The normalized spacial score (nSPS) is 13.5. The number of sulfonamides is 4. The zero-order valence-electron chi connectivity index (χ0n) is 27.9. The summed E-state index contributed by atoms with van der Waals surface area (Å²) in [4.78, 5) is 3.24. The molecule has 2 aromatic rings. The first-order chi connectivity index (χ1) is 24.7. The fourth-order valence-corrected chi connectivity index (χ4v) is 6.39. The van der Waals surface area contributed by atoms with Crippen molar-refractivity contribution >= 4 is 40.1 Å². The summed E-state index contributed by atoms with van der Waals surface area (Å²) in [6.07, 6.45) is 11.1. The maximum Gasteiger partial charge on any atom is 0.480 e. The van der Waals surface area contributed by atoms with E-state index in [1.807, 2.05) is 6.20 Å². The Labute approximate surface area is 305 Å². The molecule has 0 aromatic carbocycles. The fraction of sp³-hybridized carbons (Fsp3) is 0.727. The molecule has 2 heterocycles. The second kappa shape index (κ2) is 21.1. The molecule has 0 aliphatic heterocycles. The summed E-state index contributed by atoms with van der Waals surface area (Å²) in [5, 5.41) is 0. The summed E-state index contributed by atoms with van der Waals surface area (Å²) < 4.78 is 242. The molecule has 0 fully saturated rings. The van der Waals surface area contributed by atoms with Gasteiger partial charge in [0, 0.05) is 0 Å². The highest BCUT2D eigenvalue weighted by molar-refractivity contribution is 8.13. The van der Waals surface area contributed by atoms with Gasteiger partial charge in [-0.1, -0.05) is 0 Å². The van der Waals surface area contributed by atoms with Gasteiger partial charge in [-0.15, -0.1) is 0 Å². The summed E-state index contributed by atoms with van der Waals surface area (Å²) in [6.45, 7) is 11.0. The average Bonchev–Trinajstić information content (AvgIpc) is 3.66. The summed E-state index contributed by atoms with van der Waals surface area (Å²) in [7, 11) is -26.9. The topological polar surface area (TPSA) is 221 Å². The minimum Gasteiger partial charge on any atom is -0.421 e. The predicted molar refractivity (Wildman–Crippen MR) is 160 cm³/mol. The molecule has 0 aliphatic carbocycles. The predicted octanol–water partition coefficient (Wildman–Crippen LogP) is 2.84. The van der Waals surface area contributed by atoms with Crippen molar-refractivity contribution in [3.8, 4) is 0 Å². The van der Waals surface area contributed by atoms with Gasteiger partial charge in [0.2, 0.25) is 6.33 Å². The molecule has 0 spiro atoms. The Kier molecular flexibility index (Phi) is 20.0. The van der Waals surface area contributed by atoms with E-state index in [0.29, 0.717) is 39.6 Å². The average molecular weight is 913 g/mol. The summed E-state index contributed by atoms with van der Waals surface area (Å²) >= 11 is 0. The van der Waals surface area contributed by atoms with Gasteiger partial charge >= 0.3 is 22.0 Å². The first-order valence-electron chi connectivity index (χ1n) is 14.3. The van der Waals surface area contributed by atoms with Crippen LogP contribution in [0.1, 0.15) is 19.7 Å². The smallest absolute Gasteiger partial charge is 0.421 e. The SMILES string of the molecule is CCn1cc[n+](CCOCCOCCOCCc2[nH]cc[n+]2CC)c1.O=S(=O)([N-]S(=O)(=O)C(F)(F)F)C(F)(F)F.O=S(=O)([N-]S(=O)(=O)C(F)(F)F)C(F)(F)F. The number of ether oxygens (including phenoxy) is 3. The van der Waals surface area contributed by atoms with Crippen molar-refractivity contribution in [1.82, 2.24) is 9.55 Å².